The van der Waals surface area contributed by atoms with Gasteiger partial charge in [0.2, 0.25) is 0 Å². The molecule has 136 valence electrons. The van der Waals surface area contributed by atoms with Crippen molar-refractivity contribution >= 4 is 8.32 Å². The molecule has 1 N–H and O–H groups in total. The maximum absolute atomic E-state index is 11.0. The van der Waals surface area contributed by atoms with E-state index in [0.717, 1.165) is 13.1 Å². The summed E-state index contributed by atoms with van der Waals surface area (Å²) < 4.78 is 6.31. The molecule has 0 spiro atoms. The van der Waals surface area contributed by atoms with Crippen LogP contribution in [0.15, 0.2) is 30.3 Å². The van der Waals surface area contributed by atoms with Crippen LogP contribution in [0.5, 0.6) is 0 Å². The fraction of sp³-hybridized carbons (Fsp3) is 0.700. The molecular formula is C20H35NO2Si. The second-order valence-electron chi connectivity index (χ2n) is 8.59. The number of likely N-dealkylation sites (tertiary alicyclic amines) is 1. The zero-order chi connectivity index (χ0) is 17.8. The van der Waals surface area contributed by atoms with E-state index in [0.29, 0.717) is 6.61 Å². The van der Waals surface area contributed by atoms with Crippen LogP contribution >= 0.6 is 0 Å². The largest absolute Gasteiger partial charge is 0.414 e. The lowest BCUT2D eigenvalue weighted by Gasteiger charge is -2.40. The molecule has 0 radical (unpaired) electrons. The molecule has 1 aromatic rings. The molecule has 0 bridgehead atoms. The maximum atomic E-state index is 11.0. The molecule has 0 saturated carbocycles. The third kappa shape index (κ3) is 4.91. The number of hydrogen-bond acceptors (Lipinski definition) is 3. The van der Waals surface area contributed by atoms with Gasteiger partial charge >= 0.3 is 0 Å². The Morgan fingerprint density at radius 2 is 1.67 bits per heavy atom. The predicted molar refractivity (Wildman–Crippen MR) is 104 cm³/mol. The van der Waals surface area contributed by atoms with E-state index < -0.39 is 14.4 Å². The van der Waals surface area contributed by atoms with Crippen molar-refractivity contribution in [3.8, 4) is 0 Å². The van der Waals surface area contributed by atoms with E-state index in [1.165, 1.54) is 24.8 Å². The minimum Gasteiger partial charge on any atom is -0.414 e. The van der Waals surface area contributed by atoms with Crippen molar-refractivity contribution in [2.24, 2.45) is 0 Å². The van der Waals surface area contributed by atoms with E-state index in [4.69, 9.17) is 4.43 Å². The molecule has 1 aliphatic rings. The number of nitrogens with zero attached hydrogens (tertiary/aromatic N) is 1. The van der Waals surface area contributed by atoms with Gasteiger partial charge in [-0.3, -0.25) is 4.90 Å². The number of aliphatic hydroxyl groups excluding tert-OH is 1. The molecule has 0 aliphatic carbocycles. The van der Waals surface area contributed by atoms with Crippen molar-refractivity contribution in [3.05, 3.63) is 35.9 Å². The zero-order valence-electron chi connectivity index (χ0n) is 16.1. The van der Waals surface area contributed by atoms with Crippen molar-refractivity contribution in [3.63, 3.8) is 0 Å². The molecule has 0 unspecified atom stereocenters. The van der Waals surface area contributed by atoms with E-state index >= 15 is 0 Å². The van der Waals surface area contributed by atoms with Gasteiger partial charge in [-0.1, -0.05) is 57.5 Å². The minimum atomic E-state index is -1.84. The van der Waals surface area contributed by atoms with E-state index in [2.05, 4.69) is 63.0 Å². The molecule has 1 aliphatic heterocycles. The van der Waals surface area contributed by atoms with Crippen LogP contribution in [0.25, 0.3) is 0 Å². The number of benzene rings is 1. The van der Waals surface area contributed by atoms with Crippen LogP contribution < -0.4 is 0 Å². The molecule has 24 heavy (non-hydrogen) atoms. The summed E-state index contributed by atoms with van der Waals surface area (Å²) in [5.74, 6) is 0. The van der Waals surface area contributed by atoms with Crippen molar-refractivity contribution in [1.29, 1.82) is 0 Å². The summed E-state index contributed by atoms with van der Waals surface area (Å²) in [6, 6.07) is 10.5. The van der Waals surface area contributed by atoms with Crippen LogP contribution in [-0.4, -0.2) is 44.1 Å². The van der Waals surface area contributed by atoms with Crippen molar-refractivity contribution in [1.82, 2.24) is 4.90 Å². The molecule has 2 atom stereocenters. The number of hydrogen-bond donors (Lipinski definition) is 1. The van der Waals surface area contributed by atoms with Gasteiger partial charge in [-0.25, -0.2) is 0 Å². The fourth-order valence-electron chi connectivity index (χ4n) is 3.12. The number of rotatable bonds is 6. The van der Waals surface area contributed by atoms with E-state index in [-0.39, 0.29) is 11.1 Å². The molecule has 4 heteroatoms. The van der Waals surface area contributed by atoms with Gasteiger partial charge in [0, 0.05) is 0 Å². The average molecular weight is 350 g/mol. The van der Waals surface area contributed by atoms with E-state index in [1.54, 1.807) is 0 Å². The van der Waals surface area contributed by atoms with Gasteiger partial charge in [0.1, 0.15) is 0 Å². The smallest absolute Gasteiger partial charge is 0.192 e. The average Bonchev–Trinajstić information content (AvgIpc) is 2.54. The van der Waals surface area contributed by atoms with E-state index in [9.17, 15) is 5.11 Å². The summed E-state index contributed by atoms with van der Waals surface area (Å²) in [7, 11) is -1.84. The normalized spacial score (nSPS) is 19.9. The van der Waals surface area contributed by atoms with Crippen molar-refractivity contribution < 1.29 is 9.53 Å². The highest BCUT2D eigenvalue weighted by Gasteiger charge is 2.38. The first-order chi connectivity index (χ1) is 11.2. The third-order valence-corrected chi connectivity index (χ3v) is 10.2. The first kappa shape index (κ1) is 19.6. The lowest BCUT2D eigenvalue weighted by atomic mass is 9.97. The fourth-order valence-corrected chi connectivity index (χ4v) is 4.14. The SMILES string of the molecule is CC(C)(C)[Si](C)(C)OC[C@H](O)[C@@H](c1ccccc1)N1CCCCC1. The lowest BCUT2D eigenvalue weighted by molar-refractivity contribution is 0.00573. The quantitative estimate of drug-likeness (QED) is 0.762. The molecule has 3 nitrogen and oxygen atoms in total. The van der Waals surface area contributed by atoms with Crippen LogP contribution in [-0.2, 0) is 4.43 Å². The summed E-state index contributed by atoms with van der Waals surface area (Å²) in [4.78, 5) is 2.44. The predicted octanol–water partition coefficient (Wildman–Crippen LogP) is 4.60. The topological polar surface area (TPSA) is 32.7 Å². The standard InChI is InChI=1S/C20H35NO2Si/c1-20(2,3)24(4,5)23-16-18(22)19(17-12-8-6-9-13-17)21-14-10-7-11-15-21/h6,8-9,12-13,18-19,22H,7,10-11,14-16H2,1-5H3/t18-,19+/m0/s1. The van der Waals surface area contributed by atoms with Crippen LogP contribution in [0, 0.1) is 0 Å². The van der Waals surface area contributed by atoms with Crippen molar-refractivity contribution in [2.75, 3.05) is 19.7 Å². The summed E-state index contributed by atoms with van der Waals surface area (Å²) >= 11 is 0. The van der Waals surface area contributed by atoms with Gasteiger partial charge < -0.3 is 9.53 Å². The molecule has 1 saturated heterocycles. The third-order valence-electron chi connectivity index (χ3n) is 5.71. The Kier molecular flexibility index (Phi) is 6.65. The van der Waals surface area contributed by atoms with Crippen LogP contribution in [0.4, 0.5) is 0 Å². The highest BCUT2D eigenvalue weighted by atomic mass is 28.4. The highest BCUT2D eigenvalue weighted by Crippen LogP contribution is 2.37. The minimum absolute atomic E-state index is 0.0382. The summed E-state index contributed by atoms with van der Waals surface area (Å²) in [6.45, 7) is 13.8. The van der Waals surface area contributed by atoms with Gasteiger partial charge in [-0.2, -0.15) is 0 Å². The first-order valence-corrected chi connectivity index (χ1v) is 12.2. The molecule has 1 fully saturated rings. The Hall–Kier alpha value is -0.683. The van der Waals surface area contributed by atoms with Crippen molar-refractivity contribution in [2.45, 2.75) is 70.3 Å². The maximum Gasteiger partial charge on any atom is 0.192 e. The van der Waals surface area contributed by atoms with Gasteiger partial charge in [-0.05, 0) is 49.6 Å². The van der Waals surface area contributed by atoms with Gasteiger partial charge in [0.05, 0.1) is 18.8 Å². The Morgan fingerprint density at radius 1 is 1.08 bits per heavy atom. The molecule has 0 amide bonds. The van der Waals surface area contributed by atoms with Crippen LogP contribution in [0.2, 0.25) is 18.1 Å². The summed E-state index contributed by atoms with van der Waals surface area (Å²) in [5.41, 5.74) is 1.20. The molecule has 2 rings (SSSR count). The summed E-state index contributed by atoms with van der Waals surface area (Å²) in [6.07, 6.45) is 3.26. The highest BCUT2D eigenvalue weighted by molar-refractivity contribution is 6.74. The Bertz CT molecular complexity index is 492. The second kappa shape index (κ2) is 8.13. The Labute approximate surface area is 149 Å². The Morgan fingerprint density at radius 3 is 2.21 bits per heavy atom. The molecule has 0 aromatic heterocycles. The number of aliphatic hydroxyl groups is 1. The molecular weight excluding hydrogens is 314 g/mol. The number of piperidine rings is 1. The first-order valence-electron chi connectivity index (χ1n) is 9.33. The Balaban J connectivity index is 2.11. The molecule has 1 aromatic carbocycles. The monoisotopic (exact) mass is 349 g/mol. The van der Waals surface area contributed by atoms with Crippen LogP contribution in [0.3, 0.4) is 0 Å². The van der Waals surface area contributed by atoms with Gasteiger partial charge in [-0.15, -0.1) is 0 Å². The van der Waals surface area contributed by atoms with Gasteiger partial charge in [0.15, 0.2) is 8.32 Å². The zero-order valence-corrected chi connectivity index (χ0v) is 17.1. The molecule has 1 heterocycles. The second-order valence-corrected chi connectivity index (χ2v) is 13.4. The summed E-state index contributed by atoms with van der Waals surface area (Å²) in [5, 5.41) is 11.2. The van der Waals surface area contributed by atoms with Crippen LogP contribution in [0.1, 0.15) is 51.6 Å². The van der Waals surface area contributed by atoms with E-state index in [1.807, 2.05) is 6.07 Å². The van der Waals surface area contributed by atoms with Gasteiger partial charge in [0.25, 0.3) is 0 Å². The lowest BCUT2D eigenvalue weighted by Crippen LogP contribution is -2.46.